The molecule has 8 nitrogen and oxygen atoms in total. The zero-order valence-corrected chi connectivity index (χ0v) is 17.4. The summed E-state index contributed by atoms with van der Waals surface area (Å²) in [5.41, 5.74) is 4.63. The summed E-state index contributed by atoms with van der Waals surface area (Å²) in [4.78, 5) is 17.9. The van der Waals surface area contributed by atoms with Crippen LogP contribution in [0, 0.1) is 6.92 Å². The van der Waals surface area contributed by atoms with Gasteiger partial charge in [0.05, 0.1) is 29.4 Å². The molecule has 4 heterocycles. The molecular weight excluding hydrogens is 408 g/mol. The van der Waals surface area contributed by atoms with Gasteiger partial charge in [0.1, 0.15) is 5.75 Å². The predicted molar refractivity (Wildman–Crippen MR) is 119 cm³/mol. The molecule has 32 heavy (non-hydrogen) atoms. The maximum atomic E-state index is 13.3. The van der Waals surface area contributed by atoms with Crippen molar-refractivity contribution in [3.8, 4) is 34.1 Å². The van der Waals surface area contributed by atoms with E-state index >= 15 is 0 Å². The Morgan fingerprint density at radius 3 is 2.66 bits per heavy atom. The third kappa shape index (κ3) is 2.66. The Bertz CT molecular complexity index is 1570. The van der Waals surface area contributed by atoms with Gasteiger partial charge in [-0.15, -0.1) is 0 Å². The highest BCUT2D eigenvalue weighted by Crippen LogP contribution is 2.34. The van der Waals surface area contributed by atoms with Crippen LogP contribution in [-0.2, 0) is 0 Å². The number of hydrogen-bond acceptors (Lipinski definition) is 6. The second-order valence-electron chi connectivity index (χ2n) is 7.51. The summed E-state index contributed by atoms with van der Waals surface area (Å²) in [5, 5.41) is 5.16. The number of aromatic nitrogens is 4. The fourth-order valence-corrected chi connectivity index (χ4v) is 4.11. The lowest BCUT2D eigenvalue weighted by atomic mass is 10.1. The molecule has 5 aromatic rings. The first kappa shape index (κ1) is 18.4. The Morgan fingerprint density at radius 2 is 1.84 bits per heavy atom. The summed E-state index contributed by atoms with van der Waals surface area (Å²) in [6.07, 6.45) is 3.36. The van der Waals surface area contributed by atoms with E-state index < -0.39 is 0 Å². The van der Waals surface area contributed by atoms with Crippen molar-refractivity contribution < 1.29 is 14.2 Å². The van der Waals surface area contributed by atoms with Crippen molar-refractivity contribution in [1.82, 2.24) is 19.2 Å². The van der Waals surface area contributed by atoms with Gasteiger partial charge >= 0.3 is 0 Å². The Kier molecular flexibility index (Phi) is 3.94. The average Bonchev–Trinajstić information content (AvgIpc) is 3.42. The first-order valence-corrected chi connectivity index (χ1v) is 10.1. The van der Waals surface area contributed by atoms with Gasteiger partial charge in [-0.2, -0.15) is 5.10 Å². The van der Waals surface area contributed by atoms with Crippen molar-refractivity contribution >= 4 is 16.6 Å². The number of hydrogen-bond donors (Lipinski definition) is 0. The van der Waals surface area contributed by atoms with E-state index in [4.69, 9.17) is 14.2 Å². The molecule has 0 N–H and O–H groups in total. The topological polar surface area (TPSA) is 79.9 Å². The number of methoxy groups -OCH3 is 1. The fraction of sp³-hybridized carbons (Fsp3) is 0.125. The molecule has 158 valence electrons. The Labute approximate surface area is 182 Å². The van der Waals surface area contributed by atoms with E-state index in [1.165, 1.54) is 0 Å². The molecule has 0 aliphatic carbocycles. The van der Waals surface area contributed by atoms with Crippen molar-refractivity contribution in [2.45, 2.75) is 6.92 Å². The van der Waals surface area contributed by atoms with Crippen LogP contribution < -0.4 is 19.8 Å². The first-order chi connectivity index (χ1) is 15.6. The Hall–Kier alpha value is -4.33. The number of rotatable bonds is 3. The normalized spacial score (nSPS) is 12.6. The van der Waals surface area contributed by atoms with Crippen LogP contribution in [0.2, 0.25) is 0 Å². The molecule has 1 aliphatic rings. The monoisotopic (exact) mass is 426 g/mol. The second-order valence-corrected chi connectivity index (χ2v) is 7.51. The number of aryl methyl sites for hydroxylation is 1. The van der Waals surface area contributed by atoms with Gasteiger partial charge in [0, 0.05) is 24.0 Å². The predicted octanol–water partition coefficient (Wildman–Crippen LogP) is 3.75. The number of pyridine rings is 1. The van der Waals surface area contributed by atoms with Crippen LogP contribution in [0.3, 0.4) is 0 Å². The van der Waals surface area contributed by atoms with Crippen molar-refractivity contribution in [2.75, 3.05) is 13.9 Å². The largest absolute Gasteiger partial charge is 0.497 e. The number of nitrogens with zero attached hydrogens (tertiary/aromatic N) is 4. The van der Waals surface area contributed by atoms with Gasteiger partial charge in [-0.05, 0) is 42.8 Å². The lowest BCUT2D eigenvalue weighted by Gasteiger charge is -2.09. The van der Waals surface area contributed by atoms with E-state index in [1.807, 2.05) is 43.3 Å². The molecule has 0 radical (unpaired) electrons. The summed E-state index contributed by atoms with van der Waals surface area (Å²) in [6, 6.07) is 15.1. The smallest absolute Gasteiger partial charge is 0.266 e. The van der Waals surface area contributed by atoms with Gasteiger partial charge in [0.15, 0.2) is 17.1 Å². The van der Waals surface area contributed by atoms with Crippen molar-refractivity contribution in [3.05, 3.63) is 77.0 Å². The zero-order chi connectivity index (χ0) is 21.8. The number of fused-ring (bicyclic) bond motifs is 4. The standard InChI is InChI=1S/C24H18N4O4/c1-14-22(15-3-6-17(30-2)7-4-15)23-25-12-18-19(28(23)26-14)9-10-27(24(18)29)16-5-8-20-21(11-16)32-13-31-20/h3-12H,13H2,1-2H3. The highest BCUT2D eigenvalue weighted by atomic mass is 16.7. The van der Waals surface area contributed by atoms with Crippen LogP contribution in [0.4, 0.5) is 0 Å². The van der Waals surface area contributed by atoms with Gasteiger partial charge in [-0.25, -0.2) is 9.50 Å². The third-order valence-electron chi connectivity index (χ3n) is 5.70. The van der Waals surface area contributed by atoms with E-state index in [2.05, 4.69) is 10.1 Å². The van der Waals surface area contributed by atoms with Gasteiger partial charge in [-0.3, -0.25) is 9.36 Å². The zero-order valence-electron chi connectivity index (χ0n) is 17.4. The highest BCUT2D eigenvalue weighted by molar-refractivity contribution is 5.86. The summed E-state index contributed by atoms with van der Waals surface area (Å²) >= 11 is 0. The van der Waals surface area contributed by atoms with Crippen LogP contribution in [0.5, 0.6) is 17.2 Å². The van der Waals surface area contributed by atoms with Crippen molar-refractivity contribution in [3.63, 3.8) is 0 Å². The van der Waals surface area contributed by atoms with Crippen molar-refractivity contribution in [1.29, 1.82) is 0 Å². The Morgan fingerprint density at radius 1 is 1.03 bits per heavy atom. The molecule has 8 heteroatoms. The Balaban J connectivity index is 1.52. The third-order valence-corrected chi connectivity index (χ3v) is 5.70. The fourth-order valence-electron chi connectivity index (χ4n) is 4.11. The minimum absolute atomic E-state index is 0.183. The SMILES string of the molecule is COc1ccc(-c2c(C)nn3c2ncc2c(=O)n(-c4ccc5c(c4)OCO5)ccc23)cc1. The molecule has 1 aliphatic heterocycles. The highest BCUT2D eigenvalue weighted by Gasteiger charge is 2.18. The summed E-state index contributed by atoms with van der Waals surface area (Å²) in [7, 11) is 1.64. The van der Waals surface area contributed by atoms with E-state index in [1.54, 1.807) is 40.7 Å². The van der Waals surface area contributed by atoms with Crippen LogP contribution in [-0.4, -0.2) is 33.1 Å². The minimum atomic E-state index is -0.185. The van der Waals surface area contributed by atoms with E-state index in [9.17, 15) is 4.79 Å². The van der Waals surface area contributed by atoms with Crippen LogP contribution >= 0.6 is 0 Å². The summed E-state index contributed by atoms with van der Waals surface area (Å²) < 4.78 is 19.4. The second kappa shape index (κ2) is 6.84. The lowest BCUT2D eigenvalue weighted by Crippen LogP contribution is -2.18. The lowest BCUT2D eigenvalue weighted by molar-refractivity contribution is 0.174. The molecule has 0 saturated carbocycles. The quantitative estimate of drug-likeness (QED) is 0.437. The molecule has 0 unspecified atom stereocenters. The average molecular weight is 426 g/mol. The number of benzene rings is 2. The van der Waals surface area contributed by atoms with Gasteiger partial charge in [-0.1, -0.05) is 12.1 Å². The van der Waals surface area contributed by atoms with Crippen LogP contribution in [0.15, 0.2) is 65.7 Å². The summed E-state index contributed by atoms with van der Waals surface area (Å²) in [5.74, 6) is 2.07. The maximum Gasteiger partial charge on any atom is 0.266 e. The van der Waals surface area contributed by atoms with Gasteiger partial charge in [0.2, 0.25) is 6.79 Å². The maximum absolute atomic E-state index is 13.3. The van der Waals surface area contributed by atoms with E-state index in [-0.39, 0.29) is 12.4 Å². The van der Waals surface area contributed by atoms with E-state index in [0.29, 0.717) is 33.7 Å². The molecule has 0 spiro atoms. The molecule has 6 rings (SSSR count). The molecule has 3 aromatic heterocycles. The molecule has 2 aromatic carbocycles. The molecular formula is C24H18N4O4. The first-order valence-electron chi connectivity index (χ1n) is 10.1. The number of ether oxygens (including phenoxy) is 3. The van der Waals surface area contributed by atoms with Gasteiger partial charge < -0.3 is 14.2 Å². The minimum Gasteiger partial charge on any atom is -0.497 e. The molecule has 0 amide bonds. The molecule has 0 saturated heterocycles. The summed E-state index contributed by atoms with van der Waals surface area (Å²) in [6.45, 7) is 2.12. The van der Waals surface area contributed by atoms with Crippen LogP contribution in [0.25, 0.3) is 33.4 Å². The van der Waals surface area contributed by atoms with E-state index in [0.717, 1.165) is 22.6 Å². The molecule has 0 fully saturated rings. The molecule has 0 bridgehead atoms. The molecule has 0 atom stereocenters. The van der Waals surface area contributed by atoms with Crippen molar-refractivity contribution in [2.24, 2.45) is 0 Å². The van der Waals surface area contributed by atoms with Gasteiger partial charge in [0.25, 0.3) is 5.56 Å². The van der Waals surface area contributed by atoms with Crippen LogP contribution in [0.1, 0.15) is 5.69 Å².